The number of alkyl halides is 3. The predicted octanol–water partition coefficient (Wildman–Crippen LogP) is 5.60. The van der Waals surface area contributed by atoms with Crippen molar-refractivity contribution in [1.82, 2.24) is 5.32 Å². The lowest BCUT2D eigenvalue weighted by atomic mass is 9.95. The van der Waals surface area contributed by atoms with Crippen LogP contribution in [0, 0.1) is 0 Å². The minimum absolute atomic E-state index is 0.00654. The number of carbonyl (C=O) groups excluding carboxylic acids is 1. The van der Waals surface area contributed by atoms with E-state index in [1.165, 1.54) is 0 Å². The molecule has 1 amide bonds. The van der Waals surface area contributed by atoms with E-state index in [9.17, 15) is 26.4 Å². The maximum absolute atomic E-state index is 13.1. The second-order valence-corrected chi connectivity index (χ2v) is 13.2. The van der Waals surface area contributed by atoms with E-state index in [-0.39, 0.29) is 41.2 Å². The van der Waals surface area contributed by atoms with Crippen LogP contribution in [0.1, 0.15) is 52.7 Å². The Morgan fingerprint density at radius 3 is 2.33 bits per heavy atom. The van der Waals surface area contributed by atoms with Crippen LogP contribution in [0.3, 0.4) is 0 Å². The van der Waals surface area contributed by atoms with Crippen molar-refractivity contribution in [3.05, 3.63) is 95.1 Å². The molecule has 3 aromatic rings. The molecule has 1 N–H and O–H groups in total. The molecule has 3 atom stereocenters. The highest BCUT2D eigenvalue weighted by Gasteiger charge is 2.35. The number of halogens is 3. The van der Waals surface area contributed by atoms with Gasteiger partial charge in [-0.25, -0.2) is 8.42 Å². The first kappa shape index (κ1) is 31.0. The first-order valence-electron chi connectivity index (χ1n) is 14.4. The minimum atomic E-state index is -4.38. The Labute approximate surface area is 249 Å². The van der Waals surface area contributed by atoms with E-state index in [1.807, 2.05) is 12.1 Å². The smallest absolute Gasteiger partial charge is 0.379 e. The molecule has 5 rings (SSSR count). The van der Waals surface area contributed by atoms with Gasteiger partial charge in [0, 0.05) is 36.9 Å². The van der Waals surface area contributed by atoms with E-state index in [4.69, 9.17) is 9.47 Å². The third kappa shape index (κ3) is 7.57. The SMILES string of the molecule is CCS(=O)(=O)c1ccc(CNC(=O)c2ccc(N3CC(c4ccc(C(F)(F)F)cc4)C[C@H]3CO[C@H]3CCOC3)cc2)cc1. The molecule has 0 radical (unpaired) electrons. The Kier molecular flexibility index (Phi) is 9.43. The largest absolute Gasteiger partial charge is 0.416 e. The second kappa shape index (κ2) is 13.1. The summed E-state index contributed by atoms with van der Waals surface area (Å²) in [6.07, 6.45) is -2.79. The van der Waals surface area contributed by atoms with Crippen LogP contribution >= 0.6 is 0 Å². The highest BCUT2D eigenvalue weighted by molar-refractivity contribution is 7.91. The van der Waals surface area contributed by atoms with E-state index < -0.39 is 21.6 Å². The molecule has 3 aromatic carbocycles. The summed E-state index contributed by atoms with van der Waals surface area (Å²) in [6.45, 7) is 4.14. The molecule has 2 saturated heterocycles. The van der Waals surface area contributed by atoms with Crippen LogP contribution in [-0.4, -0.2) is 58.6 Å². The molecule has 2 heterocycles. The summed E-state index contributed by atoms with van der Waals surface area (Å²) in [7, 11) is -3.28. The summed E-state index contributed by atoms with van der Waals surface area (Å²) in [5.41, 5.74) is 2.34. The van der Waals surface area contributed by atoms with Gasteiger partial charge >= 0.3 is 6.18 Å². The fourth-order valence-corrected chi connectivity index (χ4v) is 6.42. The molecule has 0 bridgehead atoms. The molecule has 2 aliphatic rings. The number of hydrogen-bond donors (Lipinski definition) is 1. The highest BCUT2D eigenvalue weighted by atomic mass is 32.2. The Balaban J connectivity index is 1.25. The highest BCUT2D eigenvalue weighted by Crippen LogP contribution is 2.37. The fourth-order valence-electron chi connectivity index (χ4n) is 5.54. The van der Waals surface area contributed by atoms with Gasteiger partial charge in [0.2, 0.25) is 0 Å². The molecule has 2 fully saturated rings. The Morgan fingerprint density at radius 1 is 1.02 bits per heavy atom. The van der Waals surface area contributed by atoms with Crippen LogP contribution in [0.4, 0.5) is 18.9 Å². The normalized spacial score (nSPS) is 20.8. The second-order valence-electron chi connectivity index (χ2n) is 11.0. The van der Waals surface area contributed by atoms with Gasteiger partial charge in [0.25, 0.3) is 5.91 Å². The summed E-state index contributed by atoms with van der Waals surface area (Å²) in [5, 5.41) is 2.87. The van der Waals surface area contributed by atoms with Crippen molar-refractivity contribution in [2.24, 2.45) is 0 Å². The fraction of sp³-hybridized carbons (Fsp3) is 0.406. The van der Waals surface area contributed by atoms with Crippen molar-refractivity contribution < 1.29 is 35.9 Å². The molecule has 11 heteroatoms. The monoisotopic (exact) mass is 616 g/mol. The average Bonchev–Trinajstić information content (AvgIpc) is 3.69. The van der Waals surface area contributed by atoms with Crippen LogP contribution < -0.4 is 10.2 Å². The molecule has 43 heavy (non-hydrogen) atoms. The Bertz CT molecular complexity index is 1490. The van der Waals surface area contributed by atoms with Crippen LogP contribution in [0.25, 0.3) is 0 Å². The minimum Gasteiger partial charge on any atom is -0.379 e. The predicted molar refractivity (Wildman–Crippen MR) is 157 cm³/mol. The molecular formula is C32H35F3N2O5S. The van der Waals surface area contributed by atoms with E-state index >= 15 is 0 Å². The molecule has 0 aliphatic carbocycles. The van der Waals surface area contributed by atoms with Crippen molar-refractivity contribution >= 4 is 21.4 Å². The van der Waals surface area contributed by atoms with Crippen molar-refractivity contribution in [3.8, 4) is 0 Å². The van der Waals surface area contributed by atoms with Gasteiger partial charge in [-0.3, -0.25) is 4.79 Å². The molecule has 0 aromatic heterocycles. The van der Waals surface area contributed by atoms with Crippen LogP contribution in [-0.2, 0) is 32.0 Å². The summed E-state index contributed by atoms with van der Waals surface area (Å²) >= 11 is 0. The van der Waals surface area contributed by atoms with Gasteiger partial charge in [-0.2, -0.15) is 13.2 Å². The topological polar surface area (TPSA) is 84.9 Å². The number of carbonyl (C=O) groups is 1. The molecule has 2 aliphatic heterocycles. The summed E-state index contributed by atoms with van der Waals surface area (Å²) in [4.78, 5) is 15.3. The number of sulfone groups is 1. The number of ether oxygens (including phenoxy) is 2. The van der Waals surface area contributed by atoms with Gasteiger partial charge in [0.1, 0.15) is 0 Å². The maximum atomic E-state index is 13.1. The summed E-state index contributed by atoms with van der Waals surface area (Å²) in [5.74, 6) is -0.213. The van der Waals surface area contributed by atoms with E-state index in [2.05, 4.69) is 10.2 Å². The first-order valence-corrected chi connectivity index (χ1v) is 16.0. The van der Waals surface area contributed by atoms with Crippen molar-refractivity contribution in [3.63, 3.8) is 0 Å². The van der Waals surface area contributed by atoms with Crippen LogP contribution in [0.2, 0.25) is 0 Å². The van der Waals surface area contributed by atoms with Gasteiger partial charge in [0.05, 0.1) is 41.6 Å². The van der Waals surface area contributed by atoms with Crippen molar-refractivity contribution in [2.75, 3.05) is 37.0 Å². The Morgan fingerprint density at radius 2 is 1.72 bits per heavy atom. The molecule has 0 saturated carbocycles. The standard InChI is InChI=1S/C32H35F3N2O5S/c1-2-43(39,40)30-13-3-22(4-14-30)18-36-31(38)24-7-11-27(12-8-24)37-19-25(17-28(37)20-42-29-15-16-41-21-29)23-5-9-26(10-6-23)32(33,34)35/h3-14,25,28-29H,2,15-21H2,1H3,(H,36,38)/t25?,28-,29-/m0/s1. The third-order valence-electron chi connectivity index (χ3n) is 8.11. The zero-order chi connectivity index (χ0) is 30.6. The average molecular weight is 617 g/mol. The summed E-state index contributed by atoms with van der Waals surface area (Å²) < 4.78 is 74.9. The molecule has 0 spiro atoms. The van der Waals surface area contributed by atoms with Crippen LogP contribution in [0.15, 0.2) is 77.7 Å². The number of amides is 1. The summed E-state index contributed by atoms with van der Waals surface area (Å²) in [6, 6.07) is 19.1. The zero-order valence-electron chi connectivity index (χ0n) is 23.8. The van der Waals surface area contributed by atoms with Crippen molar-refractivity contribution in [1.29, 1.82) is 0 Å². The van der Waals surface area contributed by atoms with E-state index in [0.717, 1.165) is 41.8 Å². The number of benzene rings is 3. The number of anilines is 1. The van der Waals surface area contributed by atoms with Gasteiger partial charge in [-0.05, 0) is 72.5 Å². The number of nitrogens with one attached hydrogen (secondary N) is 1. The van der Waals surface area contributed by atoms with Gasteiger partial charge in [-0.1, -0.05) is 31.2 Å². The lowest BCUT2D eigenvalue weighted by Crippen LogP contribution is -2.34. The van der Waals surface area contributed by atoms with Gasteiger partial charge in [-0.15, -0.1) is 0 Å². The van der Waals surface area contributed by atoms with E-state index in [0.29, 0.717) is 31.9 Å². The van der Waals surface area contributed by atoms with Crippen molar-refractivity contribution in [2.45, 2.75) is 55.4 Å². The molecule has 1 unspecified atom stereocenters. The zero-order valence-corrected chi connectivity index (χ0v) is 24.7. The number of hydrogen-bond acceptors (Lipinski definition) is 6. The van der Waals surface area contributed by atoms with Gasteiger partial charge in [0.15, 0.2) is 9.84 Å². The maximum Gasteiger partial charge on any atom is 0.416 e. The van der Waals surface area contributed by atoms with Crippen LogP contribution in [0.5, 0.6) is 0 Å². The van der Waals surface area contributed by atoms with Gasteiger partial charge < -0.3 is 19.7 Å². The molecular weight excluding hydrogens is 581 g/mol. The lowest BCUT2D eigenvalue weighted by molar-refractivity contribution is -0.137. The lowest BCUT2D eigenvalue weighted by Gasteiger charge is -2.27. The number of rotatable bonds is 10. The number of nitrogens with zero attached hydrogens (tertiary/aromatic N) is 1. The third-order valence-corrected chi connectivity index (χ3v) is 9.86. The first-order chi connectivity index (χ1) is 20.5. The molecule has 230 valence electrons. The molecule has 7 nitrogen and oxygen atoms in total. The quantitative estimate of drug-likeness (QED) is 0.320. The van der Waals surface area contributed by atoms with E-state index in [1.54, 1.807) is 55.5 Å². The Hall–Kier alpha value is -3.41.